The van der Waals surface area contributed by atoms with Crippen LogP contribution in [0.2, 0.25) is 0 Å². The van der Waals surface area contributed by atoms with E-state index in [1.807, 2.05) is 0 Å². The Hall–Kier alpha value is -0.770. The summed E-state index contributed by atoms with van der Waals surface area (Å²) in [6.07, 6.45) is 0. The Morgan fingerprint density at radius 1 is 0.733 bits per heavy atom. The van der Waals surface area contributed by atoms with Crippen LogP contribution in [0.1, 0.15) is 0 Å². The van der Waals surface area contributed by atoms with Crippen molar-refractivity contribution in [2.75, 3.05) is 0 Å². The molecule has 0 unspecified atom stereocenters. The van der Waals surface area contributed by atoms with Gasteiger partial charge in [0.2, 0.25) is 0 Å². The van der Waals surface area contributed by atoms with E-state index < -0.39 is 8.26 Å². The van der Waals surface area contributed by atoms with Crippen LogP contribution in [0.3, 0.4) is 0 Å². The van der Waals surface area contributed by atoms with Crippen LogP contribution in [0.25, 0.3) is 10.8 Å². The lowest BCUT2D eigenvalue weighted by molar-refractivity contribution is 0.621. The molecule has 0 saturated heterocycles. The second kappa shape index (κ2) is 5.35. The molecular weight excluding hydrogens is 255 g/mol. The average Bonchev–Trinajstić information content (AvgIpc) is 2.16. The molecule has 0 fully saturated rings. The molecule has 0 aliphatic rings. The average molecular weight is 263 g/mol. The number of rotatable bonds is 0. The van der Waals surface area contributed by atoms with Crippen LogP contribution in [-0.2, 0) is 8.26 Å². The minimum absolute atomic E-state index is 1.31. The van der Waals surface area contributed by atoms with E-state index in [1.54, 1.807) is 0 Å². The van der Waals surface area contributed by atoms with Crippen LogP contribution >= 0.6 is 21.4 Å². The van der Waals surface area contributed by atoms with Gasteiger partial charge in [0.15, 0.2) is 0 Å². The number of hydrogen-bond donors (Lipinski definition) is 0. The summed E-state index contributed by atoms with van der Waals surface area (Å²) in [6, 6.07) is 16.7. The molecule has 0 aliphatic carbocycles. The summed E-state index contributed by atoms with van der Waals surface area (Å²) in [7, 11) is 4.81. The predicted molar refractivity (Wildman–Crippen MR) is 64.6 cm³/mol. The van der Waals surface area contributed by atoms with Gasteiger partial charge in [-0.05, 0) is 10.8 Å². The summed E-state index contributed by atoms with van der Waals surface area (Å²) in [5, 5.41) is 2.62. The Kier molecular flexibility index (Phi) is 4.39. The van der Waals surface area contributed by atoms with Gasteiger partial charge in [-0.3, -0.25) is 0 Å². The molecule has 0 bridgehead atoms. The summed E-state index contributed by atoms with van der Waals surface area (Å²) < 4.78 is 18.3. The van der Waals surface area contributed by atoms with Gasteiger partial charge in [-0.2, -0.15) is 8.42 Å². The molecule has 80 valence electrons. The van der Waals surface area contributed by atoms with Crippen LogP contribution in [0.15, 0.2) is 48.5 Å². The van der Waals surface area contributed by atoms with E-state index in [4.69, 9.17) is 8.42 Å². The van der Waals surface area contributed by atoms with Crippen molar-refractivity contribution >= 4 is 40.4 Å². The molecule has 2 aromatic rings. The first-order valence-electron chi connectivity index (χ1n) is 4.05. The van der Waals surface area contributed by atoms with Crippen LogP contribution in [0.4, 0.5) is 0 Å². The molecule has 2 nitrogen and oxygen atoms in total. The van der Waals surface area contributed by atoms with Crippen LogP contribution in [0, 0.1) is 0 Å². The fraction of sp³-hybridized carbons (Fsp3) is 0. The smallest absolute Gasteiger partial charge is 0.195 e. The third kappa shape index (κ3) is 5.62. The van der Waals surface area contributed by atoms with Gasteiger partial charge in [-0.1, -0.05) is 48.5 Å². The molecule has 0 radical (unpaired) electrons. The molecule has 15 heavy (non-hydrogen) atoms. The van der Waals surface area contributed by atoms with E-state index in [-0.39, 0.29) is 0 Å². The van der Waals surface area contributed by atoms with E-state index in [2.05, 4.69) is 69.9 Å². The van der Waals surface area contributed by atoms with Crippen LogP contribution in [-0.4, -0.2) is 8.42 Å². The molecule has 0 N–H and O–H groups in total. The van der Waals surface area contributed by atoms with Gasteiger partial charge in [0.1, 0.15) is 0 Å². The van der Waals surface area contributed by atoms with Gasteiger partial charge in [0.05, 0.1) is 0 Å². The lowest BCUT2D eigenvalue weighted by Gasteiger charge is -1.92. The zero-order chi connectivity index (χ0) is 11.3. The highest BCUT2D eigenvalue weighted by molar-refractivity contribution is 8.31. The van der Waals surface area contributed by atoms with Crippen LogP contribution in [0.5, 0.6) is 0 Å². The molecule has 0 heterocycles. The summed E-state index contributed by atoms with van der Waals surface area (Å²) in [6.45, 7) is 0. The SMILES string of the molecule is O=S(=O)(Cl)Cl.c1ccc2ccccc2c1. The standard InChI is InChI=1S/C10H8.Cl2O2S/c1-2-6-10-8-4-3-7-9(10)5-1;1-5(2,3)4/h1-8H;. The highest BCUT2D eigenvalue weighted by Crippen LogP contribution is 2.11. The van der Waals surface area contributed by atoms with Gasteiger partial charge in [0, 0.05) is 21.4 Å². The first-order chi connectivity index (χ1) is 6.97. The van der Waals surface area contributed by atoms with Gasteiger partial charge >= 0.3 is 8.26 Å². The third-order valence-corrected chi connectivity index (χ3v) is 1.66. The highest BCUT2D eigenvalue weighted by atomic mass is 36.0. The van der Waals surface area contributed by atoms with E-state index in [9.17, 15) is 0 Å². The Morgan fingerprint density at radius 3 is 1.13 bits per heavy atom. The van der Waals surface area contributed by atoms with Crippen molar-refractivity contribution in [3.63, 3.8) is 0 Å². The summed E-state index contributed by atoms with van der Waals surface area (Å²) in [5.74, 6) is 0. The summed E-state index contributed by atoms with van der Waals surface area (Å²) in [5.41, 5.74) is 0. The maximum absolute atomic E-state index is 9.16. The predicted octanol–water partition coefficient (Wildman–Crippen LogP) is 3.55. The number of fused-ring (bicyclic) bond motifs is 1. The van der Waals surface area contributed by atoms with Gasteiger partial charge < -0.3 is 0 Å². The molecule has 0 saturated carbocycles. The van der Waals surface area contributed by atoms with E-state index in [0.29, 0.717) is 0 Å². The molecule has 2 aromatic carbocycles. The second-order valence-corrected chi connectivity index (χ2v) is 6.39. The fourth-order valence-electron chi connectivity index (χ4n) is 1.13. The lowest BCUT2D eigenvalue weighted by atomic mass is 10.1. The normalized spacial score (nSPS) is 10.5. The zero-order valence-electron chi connectivity index (χ0n) is 7.60. The first-order valence-corrected chi connectivity index (χ1v) is 7.18. The molecule has 5 heteroatoms. The highest BCUT2D eigenvalue weighted by Gasteiger charge is 1.88. The Morgan fingerprint density at radius 2 is 0.933 bits per heavy atom. The number of benzene rings is 2. The minimum Gasteiger partial charge on any atom is -0.195 e. The number of hydrogen-bond acceptors (Lipinski definition) is 2. The van der Waals surface area contributed by atoms with Gasteiger partial charge in [-0.25, -0.2) is 0 Å². The maximum Gasteiger partial charge on any atom is 0.317 e. The first kappa shape index (κ1) is 12.3. The van der Waals surface area contributed by atoms with E-state index in [0.717, 1.165) is 0 Å². The molecular formula is C10H8Cl2O2S. The topological polar surface area (TPSA) is 34.1 Å². The van der Waals surface area contributed by atoms with Gasteiger partial charge in [-0.15, -0.1) is 0 Å². The van der Waals surface area contributed by atoms with Crippen molar-refractivity contribution in [2.24, 2.45) is 0 Å². The van der Waals surface area contributed by atoms with Crippen molar-refractivity contribution in [2.45, 2.75) is 0 Å². The van der Waals surface area contributed by atoms with Gasteiger partial charge in [0.25, 0.3) is 0 Å². The molecule has 0 aromatic heterocycles. The molecule has 0 atom stereocenters. The maximum atomic E-state index is 9.16. The summed E-state index contributed by atoms with van der Waals surface area (Å²) in [4.78, 5) is 0. The Balaban J connectivity index is 0.000000195. The van der Waals surface area contributed by atoms with Crippen molar-refractivity contribution in [3.8, 4) is 0 Å². The van der Waals surface area contributed by atoms with Crippen LogP contribution < -0.4 is 0 Å². The molecule has 0 amide bonds. The number of halogens is 2. The Bertz CT molecular complexity index is 464. The van der Waals surface area contributed by atoms with Crippen molar-refractivity contribution in [1.29, 1.82) is 0 Å². The largest absolute Gasteiger partial charge is 0.317 e. The van der Waals surface area contributed by atoms with Crippen molar-refractivity contribution < 1.29 is 8.42 Å². The Labute approximate surface area is 97.4 Å². The lowest BCUT2D eigenvalue weighted by Crippen LogP contribution is -1.67. The minimum atomic E-state index is -3.72. The third-order valence-electron chi connectivity index (χ3n) is 1.66. The molecule has 0 spiro atoms. The fourth-order valence-corrected chi connectivity index (χ4v) is 1.13. The van der Waals surface area contributed by atoms with E-state index >= 15 is 0 Å². The zero-order valence-corrected chi connectivity index (χ0v) is 9.93. The monoisotopic (exact) mass is 262 g/mol. The second-order valence-electron chi connectivity index (χ2n) is 2.73. The molecule has 2 rings (SSSR count). The van der Waals surface area contributed by atoms with Crippen molar-refractivity contribution in [1.82, 2.24) is 0 Å². The quantitative estimate of drug-likeness (QED) is 0.681. The summed E-state index contributed by atoms with van der Waals surface area (Å²) >= 11 is 0. The van der Waals surface area contributed by atoms with E-state index in [1.165, 1.54) is 10.8 Å². The van der Waals surface area contributed by atoms with Crippen molar-refractivity contribution in [3.05, 3.63) is 48.5 Å². The molecule has 0 aliphatic heterocycles.